The van der Waals surface area contributed by atoms with E-state index in [1.165, 1.54) is 44.3 Å². The Hall–Kier alpha value is -2.62. The van der Waals surface area contributed by atoms with Crippen LogP contribution in [0.5, 0.6) is 0 Å². The van der Waals surface area contributed by atoms with Gasteiger partial charge < -0.3 is 9.47 Å². The van der Waals surface area contributed by atoms with Gasteiger partial charge in [0, 0.05) is 11.8 Å². The molecule has 2 aromatic rings. The number of benzene rings is 2. The Kier molecular flexibility index (Phi) is 3.51. The van der Waals surface area contributed by atoms with E-state index >= 15 is 0 Å². The minimum Gasteiger partial charge on any atom is -0.466 e. The lowest BCUT2D eigenvalue weighted by Crippen LogP contribution is -2.65. The molecule has 0 amide bonds. The maximum Gasteiger partial charge on any atom is 0.334 e. The Bertz CT molecular complexity index is 1470. The highest BCUT2D eigenvalue weighted by molar-refractivity contribution is 6.04. The van der Waals surface area contributed by atoms with Crippen molar-refractivity contribution in [2.24, 2.45) is 82.9 Å². The predicted molar refractivity (Wildman–Crippen MR) is 143 cm³/mol. The lowest BCUT2D eigenvalue weighted by Gasteiger charge is -2.68. The van der Waals surface area contributed by atoms with Crippen LogP contribution in [0.1, 0.15) is 42.2 Å². The molecule has 0 aliphatic heterocycles. The monoisotopic (exact) mass is 518 g/mol. The van der Waals surface area contributed by atoms with Gasteiger partial charge in [-0.1, -0.05) is 36.4 Å². The first-order valence-corrected chi connectivity index (χ1v) is 15.6. The number of carbonyl (C=O) groups is 2. The molecule has 9 aliphatic rings. The van der Waals surface area contributed by atoms with Gasteiger partial charge in [0.2, 0.25) is 0 Å². The molecule has 4 nitrogen and oxygen atoms in total. The second-order valence-corrected chi connectivity index (χ2v) is 14.9. The highest BCUT2D eigenvalue weighted by Crippen LogP contribution is 2.87. The third kappa shape index (κ3) is 2.00. The molecule has 39 heavy (non-hydrogen) atoms. The van der Waals surface area contributed by atoms with Crippen molar-refractivity contribution in [2.75, 3.05) is 14.2 Å². The fraction of sp³-hybridized carbons (Fsp3) is 0.600. The summed E-state index contributed by atoms with van der Waals surface area (Å²) in [7, 11) is 2.90. The average molecular weight is 519 g/mol. The van der Waals surface area contributed by atoms with Gasteiger partial charge in [-0.05, 0) is 124 Å². The van der Waals surface area contributed by atoms with Crippen LogP contribution in [0.15, 0.2) is 47.5 Å². The fourth-order valence-corrected chi connectivity index (χ4v) is 14.6. The Balaban J connectivity index is 0.948. The van der Waals surface area contributed by atoms with E-state index in [4.69, 9.17) is 9.47 Å². The van der Waals surface area contributed by atoms with Crippen LogP contribution in [-0.2, 0) is 19.1 Å². The van der Waals surface area contributed by atoms with Crippen molar-refractivity contribution in [2.45, 2.75) is 31.1 Å². The quantitative estimate of drug-likeness (QED) is 0.296. The summed E-state index contributed by atoms with van der Waals surface area (Å²) in [4.78, 5) is 25.6. The molecule has 16 atom stereocenters. The van der Waals surface area contributed by atoms with E-state index in [-0.39, 0.29) is 23.8 Å². The van der Waals surface area contributed by atoms with Gasteiger partial charge in [-0.15, -0.1) is 0 Å². The first kappa shape index (κ1) is 21.2. The van der Waals surface area contributed by atoms with Crippen LogP contribution in [-0.4, -0.2) is 26.2 Å². The van der Waals surface area contributed by atoms with E-state index in [1.807, 2.05) is 0 Å². The largest absolute Gasteiger partial charge is 0.466 e. The van der Waals surface area contributed by atoms with E-state index in [0.717, 1.165) is 71.0 Å². The molecule has 4 heteroatoms. The molecule has 7 fully saturated rings. The first-order chi connectivity index (χ1) is 19.1. The summed E-state index contributed by atoms with van der Waals surface area (Å²) in [5, 5.41) is 2.84. The maximum atomic E-state index is 12.8. The molecule has 0 aromatic heterocycles. The van der Waals surface area contributed by atoms with Crippen molar-refractivity contribution < 1.29 is 19.1 Å². The van der Waals surface area contributed by atoms with E-state index in [9.17, 15) is 9.59 Å². The number of carbonyl (C=O) groups excluding carboxylic acids is 2. The highest BCUT2D eigenvalue weighted by Gasteiger charge is 2.83. The number of esters is 2. The number of fused-ring (bicyclic) bond motifs is 29. The zero-order valence-corrected chi connectivity index (χ0v) is 22.5. The van der Waals surface area contributed by atoms with E-state index in [1.54, 1.807) is 11.1 Å². The van der Waals surface area contributed by atoms with Crippen molar-refractivity contribution in [3.63, 3.8) is 0 Å². The molecule has 0 N–H and O–H groups in total. The number of rotatable bonds is 2. The van der Waals surface area contributed by atoms with Gasteiger partial charge >= 0.3 is 11.9 Å². The zero-order chi connectivity index (χ0) is 25.6. The van der Waals surface area contributed by atoms with Crippen LogP contribution >= 0.6 is 0 Å². The molecule has 0 radical (unpaired) electrons. The van der Waals surface area contributed by atoms with Crippen LogP contribution < -0.4 is 0 Å². The molecule has 7 saturated carbocycles. The lowest BCUT2D eigenvalue weighted by molar-refractivity contribution is -0.200. The number of hydrogen-bond donors (Lipinski definition) is 0. The Labute approximate surface area is 228 Å². The molecule has 6 bridgehead atoms. The second-order valence-electron chi connectivity index (χ2n) is 14.9. The van der Waals surface area contributed by atoms with E-state index in [2.05, 4.69) is 36.4 Å². The third-order valence-corrected chi connectivity index (χ3v) is 14.9. The number of ether oxygens (including phenoxy) is 2. The number of hydrogen-bond acceptors (Lipinski definition) is 4. The molecule has 11 rings (SSSR count). The predicted octanol–water partition coefficient (Wildman–Crippen LogP) is 5.57. The van der Waals surface area contributed by atoms with Gasteiger partial charge in [0.05, 0.1) is 25.4 Å². The summed E-state index contributed by atoms with van der Waals surface area (Å²) in [5.74, 6) is 11.6. The van der Waals surface area contributed by atoms with Crippen molar-refractivity contribution >= 4 is 22.7 Å². The Morgan fingerprint density at radius 2 is 1.00 bits per heavy atom. The summed E-state index contributed by atoms with van der Waals surface area (Å²) < 4.78 is 10.4. The van der Waals surface area contributed by atoms with Gasteiger partial charge in [0.25, 0.3) is 0 Å². The van der Waals surface area contributed by atoms with Crippen molar-refractivity contribution in [3.05, 3.63) is 58.7 Å². The van der Waals surface area contributed by atoms with Crippen LogP contribution in [0.4, 0.5) is 0 Å². The minimum absolute atomic E-state index is 0.241. The smallest absolute Gasteiger partial charge is 0.334 e. The van der Waals surface area contributed by atoms with Gasteiger partial charge in [0.1, 0.15) is 0 Å². The highest BCUT2D eigenvalue weighted by atomic mass is 16.5. The summed E-state index contributed by atoms with van der Waals surface area (Å²) in [5.41, 5.74) is 4.74. The molecule has 0 saturated heterocycles. The molecule has 198 valence electrons. The second kappa shape index (κ2) is 6.47. The summed E-state index contributed by atoms with van der Waals surface area (Å²) in [6.07, 6.45) is 4.09. The van der Waals surface area contributed by atoms with Gasteiger partial charge in [0.15, 0.2) is 0 Å². The van der Waals surface area contributed by atoms with Gasteiger partial charge in [-0.25, -0.2) is 9.59 Å². The Morgan fingerprint density at radius 3 is 1.46 bits per heavy atom. The summed E-state index contributed by atoms with van der Waals surface area (Å²) in [6, 6.07) is 14.1. The normalized spacial score (nSPS) is 52.7. The van der Waals surface area contributed by atoms with Crippen molar-refractivity contribution in [3.8, 4) is 0 Å². The van der Waals surface area contributed by atoms with Crippen LogP contribution in [0.25, 0.3) is 10.8 Å². The van der Waals surface area contributed by atoms with Gasteiger partial charge in [-0.3, -0.25) is 0 Å². The summed E-state index contributed by atoms with van der Waals surface area (Å²) >= 11 is 0. The first-order valence-electron chi connectivity index (χ1n) is 15.6. The molecule has 0 heterocycles. The molecule has 0 spiro atoms. The topological polar surface area (TPSA) is 52.6 Å². The average Bonchev–Trinajstić information content (AvgIpc) is 3.70. The molecular formula is C35H34O4. The van der Waals surface area contributed by atoms with Crippen molar-refractivity contribution in [1.82, 2.24) is 0 Å². The van der Waals surface area contributed by atoms with Crippen LogP contribution in [0.3, 0.4) is 0 Å². The number of methoxy groups -OCH3 is 2. The fourth-order valence-electron chi connectivity index (χ4n) is 14.6. The lowest BCUT2D eigenvalue weighted by atomic mass is 9.35. The SMILES string of the molecule is COC(=O)C1=C(C(=O)OC)[C@H]2[C@H]3C[C@@H]([C@@H]12)[C@H]1[C@@H]3[C@@H]2[C@@H]3C[C@H]([C@H]12)[C@@H]1[C@H]3[C@@H]2[C@H]1[C@@H]1C[C@H]2c2cc3ccccc3cc21. The maximum absolute atomic E-state index is 12.8. The molecule has 9 aliphatic carbocycles. The van der Waals surface area contributed by atoms with Gasteiger partial charge in [-0.2, -0.15) is 0 Å². The Morgan fingerprint density at radius 1 is 0.590 bits per heavy atom. The molecular weight excluding hydrogens is 484 g/mol. The minimum atomic E-state index is -0.292. The van der Waals surface area contributed by atoms with Crippen molar-refractivity contribution in [1.29, 1.82) is 0 Å². The van der Waals surface area contributed by atoms with E-state index < -0.39 is 0 Å². The summed E-state index contributed by atoms with van der Waals surface area (Å²) in [6.45, 7) is 0. The molecule has 0 unspecified atom stereocenters. The molecule has 2 aromatic carbocycles. The zero-order valence-electron chi connectivity index (χ0n) is 22.5. The third-order valence-electron chi connectivity index (χ3n) is 14.9. The standard InChI is InChI=1S/C35H34O4/c1-38-34(36)32-30-20-11-21(31(30)33(32)35(37)39-2)29-27-19-10-18(26(27)28(20)29)24-22-16-9-17(23(22)25(19)24)15-8-13-6-4-3-5-12(13)7-14(15)16/h3-8,16-31H,9-11H2,1-2H3/t16-,17+,18+,19-,20-,21+,22-,23+,24+,25-,26+,27-,28-,29+,30-,31+. The van der Waals surface area contributed by atoms with Crippen LogP contribution in [0.2, 0.25) is 0 Å². The van der Waals surface area contributed by atoms with Crippen LogP contribution in [0, 0.1) is 82.9 Å². The van der Waals surface area contributed by atoms with E-state index in [0.29, 0.717) is 23.0 Å².